The molecule has 1 aliphatic carbocycles. The van der Waals surface area contributed by atoms with E-state index in [0.29, 0.717) is 12.0 Å². The SMILES string of the molecule is CC1=CC(=O)CC(C)(C)C1(O)CCC(C)OC1OC(COC2OC(C)C(O)C(O)C2O)C(O)C(O)C1O. The molecule has 0 spiro atoms. The second kappa shape index (κ2) is 11.6. The molecule has 0 bridgehead atoms. The molecule has 12 nitrogen and oxygen atoms in total. The van der Waals surface area contributed by atoms with Crippen molar-refractivity contribution in [2.75, 3.05) is 6.61 Å². The van der Waals surface area contributed by atoms with Crippen LogP contribution in [0.2, 0.25) is 0 Å². The van der Waals surface area contributed by atoms with Gasteiger partial charge in [0.05, 0.1) is 24.4 Å². The summed E-state index contributed by atoms with van der Waals surface area (Å²) in [6.45, 7) is 8.19. The molecule has 214 valence electrons. The Bertz CT molecular complexity index is 832. The lowest BCUT2D eigenvalue weighted by molar-refractivity contribution is -0.333. The van der Waals surface area contributed by atoms with Gasteiger partial charge >= 0.3 is 0 Å². The van der Waals surface area contributed by atoms with Crippen molar-refractivity contribution in [1.29, 1.82) is 0 Å². The highest BCUT2D eigenvalue weighted by atomic mass is 16.7. The molecule has 0 saturated carbocycles. The van der Waals surface area contributed by atoms with E-state index in [1.165, 1.54) is 13.0 Å². The molecule has 3 rings (SSSR count). The molecule has 12 unspecified atom stereocenters. The summed E-state index contributed by atoms with van der Waals surface area (Å²) in [7, 11) is 0. The highest BCUT2D eigenvalue weighted by molar-refractivity contribution is 5.92. The molecule has 12 heteroatoms. The second-order valence-electron chi connectivity index (χ2n) is 11.2. The molecule has 0 radical (unpaired) electrons. The predicted octanol–water partition coefficient (Wildman–Crippen LogP) is -1.50. The van der Waals surface area contributed by atoms with Gasteiger partial charge in [0.2, 0.25) is 0 Å². The van der Waals surface area contributed by atoms with Crippen molar-refractivity contribution in [1.82, 2.24) is 0 Å². The van der Waals surface area contributed by atoms with Crippen LogP contribution in [0.15, 0.2) is 11.6 Å². The number of hydrogen-bond acceptors (Lipinski definition) is 12. The molecular formula is C25H42O12. The number of hydrogen-bond donors (Lipinski definition) is 7. The molecule has 2 aliphatic heterocycles. The van der Waals surface area contributed by atoms with Crippen LogP contribution in [0.4, 0.5) is 0 Å². The molecule has 2 fully saturated rings. The van der Waals surface area contributed by atoms with Gasteiger partial charge in [0, 0.05) is 11.8 Å². The third-order valence-electron chi connectivity index (χ3n) is 7.95. The van der Waals surface area contributed by atoms with Gasteiger partial charge < -0.3 is 54.7 Å². The van der Waals surface area contributed by atoms with E-state index >= 15 is 0 Å². The summed E-state index contributed by atoms with van der Waals surface area (Å²) >= 11 is 0. The van der Waals surface area contributed by atoms with Crippen molar-refractivity contribution >= 4 is 5.78 Å². The maximum absolute atomic E-state index is 12.0. The van der Waals surface area contributed by atoms with Crippen LogP contribution in [0.5, 0.6) is 0 Å². The van der Waals surface area contributed by atoms with Crippen molar-refractivity contribution in [2.45, 2.75) is 127 Å². The Balaban J connectivity index is 1.59. The number of carbonyl (C=O) groups is 1. The van der Waals surface area contributed by atoms with Crippen LogP contribution in [-0.2, 0) is 23.7 Å². The fourth-order valence-electron chi connectivity index (χ4n) is 5.28. The standard InChI is InChI=1S/C25H42O12/c1-11-8-14(26)9-24(4,5)25(11,33)7-6-12(2)35-23-21(32)19(30)17(28)15(37-23)10-34-22-20(31)18(29)16(27)13(3)36-22/h8,12-13,15-23,27-33H,6-7,9-10H2,1-5H3. The van der Waals surface area contributed by atoms with Gasteiger partial charge in [-0.05, 0) is 45.3 Å². The number of aliphatic hydroxyl groups excluding tert-OH is 6. The fourth-order valence-corrected chi connectivity index (χ4v) is 5.28. The van der Waals surface area contributed by atoms with Gasteiger partial charge in [0.1, 0.15) is 42.7 Å². The van der Waals surface area contributed by atoms with Gasteiger partial charge in [0.15, 0.2) is 18.4 Å². The van der Waals surface area contributed by atoms with Gasteiger partial charge in [-0.3, -0.25) is 4.79 Å². The van der Waals surface area contributed by atoms with Crippen LogP contribution in [-0.4, -0.2) is 121 Å². The van der Waals surface area contributed by atoms with E-state index in [-0.39, 0.29) is 25.2 Å². The third-order valence-corrected chi connectivity index (χ3v) is 7.95. The summed E-state index contributed by atoms with van der Waals surface area (Å²) in [5, 5.41) is 72.4. The smallest absolute Gasteiger partial charge is 0.186 e. The Morgan fingerprint density at radius 2 is 1.57 bits per heavy atom. The summed E-state index contributed by atoms with van der Waals surface area (Å²) in [6, 6.07) is 0. The summed E-state index contributed by atoms with van der Waals surface area (Å²) in [4.78, 5) is 12.0. The number of aliphatic hydroxyl groups is 7. The Morgan fingerprint density at radius 1 is 0.973 bits per heavy atom. The molecule has 7 N–H and O–H groups in total. The summed E-state index contributed by atoms with van der Waals surface area (Å²) < 4.78 is 22.3. The molecular weight excluding hydrogens is 492 g/mol. The average Bonchev–Trinajstić information content (AvgIpc) is 2.82. The van der Waals surface area contributed by atoms with Gasteiger partial charge in [-0.2, -0.15) is 0 Å². The lowest BCUT2D eigenvalue weighted by Crippen LogP contribution is -2.61. The molecule has 0 aromatic rings. The minimum atomic E-state index is -1.62. The van der Waals surface area contributed by atoms with Crippen molar-refractivity contribution < 1.29 is 59.5 Å². The van der Waals surface area contributed by atoms with Crippen molar-refractivity contribution in [3.05, 3.63) is 11.6 Å². The number of carbonyl (C=O) groups excluding carboxylic acids is 1. The van der Waals surface area contributed by atoms with Gasteiger partial charge in [-0.1, -0.05) is 13.8 Å². The first-order valence-corrected chi connectivity index (χ1v) is 12.7. The molecule has 2 heterocycles. The minimum absolute atomic E-state index is 0.0395. The van der Waals surface area contributed by atoms with Crippen LogP contribution in [0.1, 0.15) is 53.9 Å². The molecule has 0 aromatic carbocycles. The fraction of sp³-hybridized carbons (Fsp3) is 0.880. The van der Waals surface area contributed by atoms with Crippen LogP contribution < -0.4 is 0 Å². The third kappa shape index (κ3) is 6.25. The summed E-state index contributed by atoms with van der Waals surface area (Å²) in [5.74, 6) is -0.0395. The lowest BCUT2D eigenvalue weighted by Gasteiger charge is -2.46. The number of ketones is 1. The topological polar surface area (TPSA) is 196 Å². The van der Waals surface area contributed by atoms with Gasteiger partial charge in [-0.25, -0.2) is 0 Å². The first-order chi connectivity index (χ1) is 17.1. The van der Waals surface area contributed by atoms with E-state index in [1.54, 1.807) is 13.8 Å². The lowest BCUT2D eigenvalue weighted by atomic mass is 9.63. The predicted molar refractivity (Wildman–Crippen MR) is 127 cm³/mol. The zero-order valence-electron chi connectivity index (χ0n) is 21.9. The largest absolute Gasteiger partial charge is 0.388 e. The number of rotatable bonds is 8. The van der Waals surface area contributed by atoms with E-state index < -0.39 is 78.5 Å². The first kappa shape index (κ1) is 30.5. The number of allylic oxidation sites excluding steroid dienone is 1. The van der Waals surface area contributed by atoms with Crippen molar-refractivity contribution in [2.24, 2.45) is 5.41 Å². The highest BCUT2D eigenvalue weighted by Crippen LogP contribution is 2.46. The minimum Gasteiger partial charge on any atom is -0.388 e. The monoisotopic (exact) mass is 534 g/mol. The molecule has 12 atom stereocenters. The number of ether oxygens (including phenoxy) is 4. The molecule has 0 amide bonds. The molecule has 0 aromatic heterocycles. The van der Waals surface area contributed by atoms with E-state index in [2.05, 4.69) is 0 Å². The van der Waals surface area contributed by atoms with Crippen molar-refractivity contribution in [3.63, 3.8) is 0 Å². The summed E-state index contributed by atoms with van der Waals surface area (Å²) in [6.07, 6.45) is -12.0. The Morgan fingerprint density at radius 3 is 2.19 bits per heavy atom. The maximum atomic E-state index is 12.0. The molecule has 3 aliphatic rings. The van der Waals surface area contributed by atoms with Gasteiger partial charge in [-0.15, -0.1) is 0 Å². The molecule has 37 heavy (non-hydrogen) atoms. The quantitative estimate of drug-likeness (QED) is 0.191. The van der Waals surface area contributed by atoms with E-state index in [1.807, 2.05) is 13.8 Å². The van der Waals surface area contributed by atoms with Gasteiger partial charge in [0.25, 0.3) is 0 Å². The van der Waals surface area contributed by atoms with E-state index in [0.717, 1.165) is 0 Å². The van der Waals surface area contributed by atoms with Crippen molar-refractivity contribution in [3.8, 4) is 0 Å². The normalized spacial score (nSPS) is 45.4. The second-order valence-corrected chi connectivity index (χ2v) is 11.2. The Kier molecular flexibility index (Phi) is 9.57. The van der Waals surface area contributed by atoms with Crippen LogP contribution >= 0.6 is 0 Å². The van der Waals surface area contributed by atoms with E-state index in [9.17, 15) is 40.5 Å². The Hall–Kier alpha value is -1.03. The highest BCUT2D eigenvalue weighted by Gasteiger charge is 2.49. The zero-order chi connectivity index (χ0) is 27.9. The van der Waals surface area contributed by atoms with E-state index in [4.69, 9.17) is 18.9 Å². The first-order valence-electron chi connectivity index (χ1n) is 12.7. The summed E-state index contributed by atoms with van der Waals surface area (Å²) in [5.41, 5.74) is -1.34. The molecule has 2 saturated heterocycles. The van der Waals surface area contributed by atoms with Crippen LogP contribution in [0.25, 0.3) is 0 Å². The average molecular weight is 535 g/mol. The van der Waals surface area contributed by atoms with Crippen LogP contribution in [0, 0.1) is 5.41 Å². The van der Waals surface area contributed by atoms with Crippen LogP contribution in [0.3, 0.4) is 0 Å². The Labute approximate surface area is 216 Å². The maximum Gasteiger partial charge on any atom is 0.186 e. The zero-order valence-corrected chi connectivity index (χ0v) is 21.9.